The van der Waals surface area contributed by atoms with Crippen molar-refractivity contribution in [2.75, 3.05) is 12.4 Å². The molecule has 1 N–H and O–H groups in total. The molecule has 0 saturated heterocycles. The third-order valence-electron chi connectivity index (χ3n) is 4.81. The van der Waals surface area contributed by atoms with Crippen molar-refractivity contribution in [3.8, 4) is 5.75 Å². The van der Waals surface area contributed by atoms with Gasteiger partial charge in [-0.15, -0.1) is 0 Å². The second kappa shape index (κ2) is 7.97. The van der Waals surface area contributed by atoms with Crippen molar-refractivity contribution in [2.24, 2.45) is 4.99 Å². The maximum absolute atomic E-state index is 13.0. The molecule has 0 aliphatic carbocycles. The van der Waals surface area contributed by atoms with Gasteiger partial charge in [0.2, 0.25) is 5.91 Å². The zero-order valence-corrected chi connectivity index (χ0v) is 16.8. The van der Waals surface area contributed by atoms with E-state index in [1.54, 1.807) is 38.3 Å². The van der Waals surface area contributed by atoms with Crippen molar-refractivity contribution < 1.29 is 14.3 Å². The van der Waals surface area contributed by atoms with Crippen LogP contribution in [0.4, 0.5) is 5.69 Å². The third-order valence-corrected chi connectivity index (χ3v) is 4.81. The van der Waals surface area contributed by atoms with E-state index in [4.69, 9.17) is 9.73 Å². The van der Waals surface area contributed by atoms with E-state index >= 15 is 0 Å². The molecule has 1 heterocycles. The van der Waals surface area contributed by atoms with E-state index in [2.05, 4.69) is 25.2 Å². The van der Waals surface area contributed by atoms with Gasteiger partial charge in [-0.2, -0.15) is 0 Å². The first-order valence-electron chi connectivity index (χ1n) is 9.50. The summed E-state index contributed by atoms with van der Waals surface area (Å²) in [5.41, 5.74) is 3.86. The van der Waals surface area contributed by atoms with E-state index < -0.39 is 0 Å². The summed E-state index contributed by atoms with van der Waals surface area (Å²) in [6.45, 7) is 5.94. The standard InChI is InChI=1S/C23H26N2O3/c1-5-22(27)24-17-8-6-7-15(11-17)21(26)13-20-19-12-18(28-4)10-9-16(19)14-23(2,3)25-20/h6-12H,5,13-14H2,1-4H3,(H,24,27). The van der Waals surface area contributed by atoms with Crippen molar-refractivity contribution in [2.45, 2.75) is 45.6 Å². The number of fused-ring (bicyclic) bond motifs is 1. The van der Waals surface area contributed by atoms with E-state index in [9.17, 15) is 9.59 Å². The molecule has 1 aliphatic rings. The monoisotopic (exact) mass is 378 g/mol. The number of nitrogens with one attached hydrogen (secondary N) is 1. The normalized spacial score (nSPS) is 14.6. The van der Waals surface area contributed by atoms with Crippen molar-refractivity contribution >= 4 is 23.1 Å². The van der Waals surface area contributed by atoms with Crippen LogP contribution in [0.15, 0.2) is 47.5 Å². The van der Waals surface area contributed by atoms with Crippen molar-refractivity contribution in [3.63, 3.8) is 0 Å². The Balaban J connectivity index is 1.88. The van der Waals surface area contributed by atoms with Gasteiger partial charge in [-0.25, -0.2) is 0 Å². The number of benzene rings is 2. The SMILES string of the molecule is CCC(=O)Nc1cccc(C(=O)CC2=NC(C)(C)Cc3ccc(OC)cc32)c1. The quantitative estimate of drug-likeness (QED) is 0.756. The van der Waals surface area contributed by atoms with Crippen LogP contribution in [0.2, 0.25) is 0 Å². The minimum atomic E-state index is -0.256. The van der Waals surface area contributed by atoms with Gasteiger partial charge in [-0.3, -0.25) is 14.6 Å². The Kier molecular flexibility index (Phi) is 5.63. The molecule has 28 heavy (non-hydrogen) atoms. The first-order valence-corrected chi connectivity index (χ1v) is 9.50. The predicted molar refractivity (Wildman–Crippen MR) is 112 cm³/mol. The molecule has 0 spiro atoms. The van der Waals surface area contributed by atoms with Crippen molar-refractivity contribution in [1.82, 2.24) is 0 Å². The highest BCUT2D eigenvalue weighted by Crippen LogP contribution is 2.31. The summed E-state index contributed by atoms with van der Waals surface area (Å²) in [6, 6.07) is 13.0. The van der Waals surface area contributed by atoms with E-state index in [0.717, 1.165) is 23.4 Å². The lowest BCUT2D eigenvalue weighted by Crippen LogP contribution is -2.30. The van der Waals surface area contributed by atoms with Gasteiger partial charge in [-0.05, 0) is 50.1 Å². The molecule has 146 valence electrons. The second-order valence-electron chi connectivity index (χ2n) is 7.65. The number of Topliss-reactive ketones (excluding diaryl/α,β-unsaturated/α-hetero) is 1. The van der Waals surface area contributed by atoms with Crippen LogP contribution in [-0.2, 0) is 11.2 Å². The number of hydrogen-bond donors (Lipinski definition) is 1. The number of rotatable bonds is 6. The van der Waals surface area contributed by atoms with Crippen LogP contribution >= 0.6 is 0 Å². The number of amides is 1. The fourth-order valence-electron chi connectivity index (χ4n) is 3.45. The molecule has 2 aromatic carbocycles. The molecule has 0 bridgehead atoms. The summed E-state index contributed by atoms with van der Waals surface area (Å²) in [5, 5.41) is 2.80. The van der Waals surface area contributed by atoms with E-state index in [-0.39, 0.29) is 23.7 Å². The minimum absolute atomic E-state index is 0.0298. The summed E-state index contributed by atoms with van der Waals surface area (Å²) < 4.78 is 5.35. The highest BCUT2D eigenvalue weighted by molar-refractivity contribution is 6.17. The van der Waals surface area contributed by atoms with Gasteiger partial charge in [-0.1, -0.05) is 25.1 Å². The average Bonchev–Trinajstić information content (AvgIpc) is 2.67. The molecular weight excluding hydrogens is 352 g/mol. The van der Waals surface area contributed by atoms with Gasteiger partial charge in [0.25, 0.3) is 0 Å². The van der Waals surface area contributed by atoms with Crippen LogP contribution in [0.5, 0.6) is 5.75 Å². The lowest BCUT2D eigenvalue weighted by Gasteiger charge is -2.29. The van der Waals surface area contributed by atoms with Crippen LogP contribution in [0.1, 0.15) is 55.1 Å². The van der Waals surface area contributed by atoms with Crippen LogP contribution in [0.3, 0.4) is 0 Å². The smallest absolute Gasteiger partial charge is 0.224 e. The Morgan fingerprint density at radius 1 is 1.18 bits per heavy atom. The Hall–Kier alpha value is -2.95. The Labute approximate surface area is 165 Å². The number of hydrogen-bond acceptors (Lipinski definition) is 4. The number of ether oxygens (including phenoxy) is 1. The summed E-state index contributed by atoms with van der Waals surface area (Å²) in [5.74, 6) is 0.643. The zero-order chi connectivity index (χ0) is 20.3. The molecular formula is C23H26N2O3. The number of carbonyl (C=O) groups is 2. The molecule has 1 aliphatic heterocycles. The molecule has 0 radical (unpaired) electrons. The van der Waals surface area contributed by atoms with Crippen LogP contribution in [0.25, 0.3) is 0 Å². The van der Waals surface area contributed by atoms with Gasteiger partial charge in [0.15, 0.2) is 5.78 Å². The molecule has 0 saturated carbocycles. The van der Waals surface area contributed by atoms with Gasteiger partial charge < -0.3 is 10.1 Å². The first kappa shape index (κ1) is 19.8. The van der Waals surface area contributed by atoms with Crippen molar-refractivity contribution in [1.29, 1.82) is 0 Å². The van der Waals surface area contributed by atoms with Crippen molar-refractivity contribution in [3.05, 3.63) is 59.2 Å². The predicted octanol–water partition coefficient (Wildman–Crippen LogP) is 4.44. The van der Waals surface area contributed by atoms with E-state index in [1.807, 2.05) is 12.1 Å². The summed E-state index contributed by atoms with van der Waals surface area (Å²) in [4.78, 5) is 29.4. The number of carbonyl (C=O) groups excluding carboxylic acids is 2. The van der Waals surface area contributed by atoms with Crippen LogP contribution < -0.4 is 10.1 Å². The number of nitrogens with zero attached hydrogens (tertiary/aromatic N) is 1. The molecule has 5 nitrogen and oxygen atoms in total. The first-order chi connectivity index (χ1) is 13.3. The Morgan fingerprint density at radius 3 is 2.68 bits per heavy atom. The lowest BCUT2D eigenvalue weighted by molar-refractivity contribution is -0.115. The molecule has 0 aromatic heterocycles. The fraction of sp³-hybridized carbons (Fsp3) is 0.348. The molecule has 5 heteroatoms. The third kappa shape index (κ3) is 4.47. The van der Waals surface area contributed by atoms with Crippen LogP contribution in [-0.4, -0.2) is 30.1 Å². The van der Waals surface area contributed by atoms with E-state index in [1.165, 1.54) is 5.56 Å². The van der Waals surface area contributed by atoms with Gasteiger partial charge in [0.05, 0.1) is 24.8 Å². The molecule has 3 rings (SSSR count). The lowest BCUT2D eigenvalue weighted by atomic mass is 9.85. The van der Waals surface area contributed by atoms with Gasteiger partial charge in [0, 0.05) is 23.2 Å². The maximum Gasteiger partial charge on any atom is 0.224 e. The zero-order valence-electron chi connectivity index (χ0n) is 16.8. The fourth-order valence-corrected chi connectivity index (χ4v) is 3.45. The Morgan fingerprint density at radius 2 is 1.96 bits per heavy atom. The molecule has 1 amide bonds. The number of ketones is 1. The summed E-state index contributed by atoms with van der Waals surface area (Å²) in [7, 11) is 1.63. The molecule has 2 aromatic rings. The number of aliphatic imine (C=N–C) groups is 1. The summed E-state index contributed by atoms with van der Waals surface area (Å²) in [6.07, 6.45) is 1.42. The minimum Gasteiger partial charge on any atom is -0.497 e. The number of anilines is 1. The van der Waals surface area contributed by atoms with Crippen LogP contribution in [0, 0.1) is 0 Å². The van der Waals surface area contributed by atoms with E-state index in [0.29, 0.717) is 17.7 Å². The number of methoxy groups -OCH3 is 1. The highest BCUT2D eigenvalue weighted by atomic mass is 16.5. The summed E-state index contributed by atoms with van der Waals surface area (Å²) >= 11 is 0. The molecule has 0 unspecified atom stereocenters. The topological polar surface area (TPSA) is 67.8 Å². The largest absolute Gasteiger partial charge is 0.497 e. The molecule has 0 atom stereocenters. The molecule has 0 fully saturated rings. The average molecular weight is 378 g/mol. The maximum atomic E-state index is 13.0. The Bertz CT molecular complexity index is 945. The second-order valence-corrected chi connectivity index (χ2v) is 7.65. The van der Waals surface area contributed by atoms with Gasteiger partial charge in [0.1, 0.15) is 5.75 Å². The van der Waals surface area contributed by atoms with Gasteiger partial charge >= 0.3 is 0 Å². The highest BCUT2D eigenvalue weighted by Gasteiger charge is 2.28.